The lowest BCUT2D eigenvalue weighted by Crippen LogP contribution is -1.95. The number of rotatable bonds is 5. The van der Waals surface area contributed by atoms with Gasteiger partial charge in [0.05, 0.1) is 17.6 Å². The van der Waals surface area contributed by atoms with Crippen LogP contribution in [0.5, 0.6) is 0 Å². The van der Waals surface area contributed by atoms with Crippen LogP contribution in [-0.4, -0.2) is 20.9 Å². The van der Waals surface area contributed by atoms with Gasteiger partial charge in [0.15, 0.2) is 0 Å². The Balaban J connectivity index is 2.15. The highest BCUT2D eigenvalue weighted by atomic mass is 35.5. The summed E-state index contributed by atoms with van der Waals surface area (Å²) in [6, 6.07) is 8.43. The number of alkyl halides is 1. The summed E-state index contributed by atoms with van der Waals surface area (Å²) in [5.74, 6) is 0.578. The maximum Gasteiger partial charge on any atom is 0.0843 e. The molecule has 0 saturated heterocycles. The van der Waals surface area contributed by atoms with Crippen molar-refractivity contribution in [1.82, 2.24) is 15.0 Å². The average molecular weight is 250 g/mol. The number of hydrogen-bond acceptors (Lipinski definition) is 2. The second kappa shape index (κ2) is 5.82. The largest absolute Gasteiger partial charge is 0.220 e. The molecule has 0 unspecified atom stereocenters. The van der Waals surface area contributed by atoms with Gasteiger partial charge in [-0.1, -0.05) is 30.7 Å². The van der Waals surface area contributed by atoms with Crippen molar-refractivity contribution in [2.45, 2.75) is 26.2 Å². The molecule has 0 fully saturated rings. The summed E-state index contributed by atoms with van der Waals surface area (Å²) in [6.07, 6.45) is 4.98. The third-order valence-corrected chi connectivity index (χ3v) is 2.82. The first-order valence-corrected chi connectivity index (χ1v) is 6.43. The lowest BCUT2D eigenvalue weighted by atomic mass is 10.1. The van der Waals surface area contributed by atoms with Gasteiger partial charge in [-0.2, -0.15) is 0 Å². The first kappa shape index (κ1) is 12.1. The maximum atomic E-state index is 5.67. The van der Waals surface area contributed by atoms with Crippen molar-refractivity contribution < 1.29 is 0 Å². The molecular formula is C13H16ClN3. The maximum absolute atomic E-state index is 5.67. The molecule has 2 rings (SSSR count). The zero-order valence-electron chi connectivity index (χ0n) is 9.93. The molecule has 2 aromatic rings. The highest BCUT2D eigenvalue weighted by Crippen LogP contribution is 2.10. The first-order valence-electron chi connectivity index (χ1n) is 5.90. The zero-order chi connectivity index (χ0) is 12.1. The fourth-order valence-corrected chi connectivity index (χ4v) is 1.93. The van der Waals surface area contributed by atoms with Gasteiger partial charge in [0.25, 0.3) is 0 Å². The van der Waals surface area contributed by atoms with E-state index in [9.17, 15) is 0 Å². The number of aryl methyl sites for hydroxylation is 2. The van der Waals surface area contributed by atoms with Crippen LogP contribution in [0.1, 0.15) is 24.6 Å². The van der Waals surface area contributed by atoms with Crippen molar-refractivity contribution in [2.24, 2.45) is 0 Å². The number of hydrogen-bond donors (Lipinski definition) is 0. The molecule has 4 heteroatoms. The highest BCUT2D eigenvalue weighted by molar-refractivity contribution is 6.17. The van der Waals surface area contributed by atoms with Crippen molar-refractivity contribution in [3.05, 3.63) is 41.7 Å². The van der Waals surface area contributed by atoms with Crippen molar-refractivity contribution in [3.8, 4) is 5.69 Å². The van der Waals surface area contributed by atoms with Gasteiger partial charge < -0.3 is 0 Å². The number of halogens is 1. The number of nitrogens with zero attached hydrogens (tertiary/aromatic N) is 3. The molecule has 1 aromatic carbocycles. The molecule has 0 bridgehead atoms. The molecule has 0 aliphatic rings. The number of benzene rings is 1. The topological polar surface area (TPSA) is 30.7 Å². The molecule has 0 radical (unpaired) electrons. The molecule has 0 atom stereocenters. The van der Waals surface area contributed by atoms with Gasteiger partial charge in [-0.25, -0.2) is 4.68 Å². The molecule has 17 heavy (non-hydrogen) atoms. The summed E-state index contributed by atoms with van der Waals surface area (Å²) in [7, 11) is 0. The molecule has 0 aliphatic heterocycles. The second-order valence-corrected chi connectivity index (χ2v) is 4.39. The lowest BCUT2D eigenvalue weighted by Gasteiger charge is -2.02. The minimum atomic E-state index is 0.578. The Kier molecular flexibility index (Phi) is 4.15. The predicted molar refractivity (Wildman–Crippen MR) is 69.8 cm³/mol. The van der Waals surface area contributed by atoms with E-state index in [-0.39, 0.29) is 0 Å². The van der Waals surface area contributed by atoms with E-state index in [4.69, 9.17) is 11.6 Å². The molecule has 0 saturated carbocycles. The predicted octanol–water partition coefficient (Wildman–Crippen LogP) is 3.00. The Labute approximate surface area is 106 Å². The summed E-state index contributed by atoms with van der Waals surface area (Å²) in [5.41, 5.74) is 3.33. The molecule has 1 aromatic heterocycles. The summed E-state index contributed by atoms with van der Waals surface area (Å²) >= 11 is 5.67. The fraction of sp³-hybridized carbons (Fsp3) is 0.385. The van der Waals surface area contributed by atoms with Crippen molar-refractivity contribution in [2.75, 3.05) is 5.88 Å². The van der Waals surface area contributed by atoms with Crippen LogP contribution in [0.3, 0.4) is 0 Å². The Bertz CT molecular complexity index is 462. The second-order valence-electron chi connectivity index (χ2n) is 4.01. The van der Waals surface area contributed by atoms with Gasteiger partial charge >= 0.3 is 0 Å². The van der Waals surface area contributed by atoms with Crippen molar-refractivity contribution in [1.29, 1.82) is 0 Å². The van der Waals surface area contributed by atoms with E-state index in [0.717, 1.165) is 24.2 Å². The van der Waals surface area contributed by atoms with E-state index in [1.54, 1.807) is 4.68 Å². The fourth-order valence-electron chi connectivity index (χ4n) is 1.74. The van der Waals surface area contributed by atoms with Crippen LogP contribution in [0.25, 0.3) is 5.69 Å². The summed E-state index contributed by atoms with van der Waals surface area (Å²) < 4.78 is 1.79. The van der Waals surface area contributed by atoms with E-state index in [2.05, 4.69) is 41.5 Å². The smallest absolute Gasteiger partial charge is 0.0843 e. The van der Waals surface area contributed by atoms with Gasteiger partial charge in [-0.05, 0) is 24.1 Å². The third kappa shape index (κ3) is 3.07. The molecule has 90 valence electrons. The van der Waals surface area contributed by atoms with Crippen LogP contribution in [0.2, 0.25) is 0 Å². The molecule has 3 nitrogen and oxygen atoms in total. The van der Waals surface area contributed by atoms with Crippen LogP contribution in [0.4, 0.5) is 0 Å². The zero-order valence-corrected chi connectivity index (χ0v) is 10.7. The molecule has 0 spiro atoms. The van der Waals surface area contributed by atoms with E-state index < -0.39 is 0 Å². The van der Waals surface area contributed by atoms with Crippen LogP contribution in [0, 0.1) is 0 Å². The van der Waals surface area contributed by atoms with Gasteiger partial charge in [-0.3, -0.25) is 0 Å². The lowest BCUT2D eigenvalue weighted by molar-refractivity contribution is 0.797. The van der Waals surface area contributed by atoms with Gasteiger partial charge in [-0.15, -0.1) is 16.7 Å². The Hall–Kier alpha value is -1.35. The molecule has 0 N–H and O–H groups in total. The van der Waals surface area contributed by atoms with Gasteiger partial charge in [0.2, 0.25) is 0 Å². The van der Waals surface area contributed by atoms with E-state index >= 15 is 0 Å². The highest BCUT2D eigenvalue weighted by Gasteiger charge is 2.02. The quantitative estimate of drug-likeness (QED) is 0.763. The van der Waals surface area contributed by atoms with Crippen molar-refractivity contribution >= 4 is 11.6 Å². The minimum absolute atomic E-state index is 0.578. The normalized spacial score (nSPS) is 10.7. The van der Waals surface area contributed by atoms with Crippen molar-refractivity contribution in [3.63, 3.8) is 0 Å². The van der Waals surface area contributed by atoms with Crippen LogP contribution < -0.4 is 0 Å². The molecule has 0 aliphatic carbocycles. The summed E-state index contributed by atoms with van der Waals surface area (Å²) in [5, 5.41) is 8.16. The summed E-state index contributed by atoms with van der Waals surface area (Å²) in [6.45, 7) is 2.18. The third-order valence-electron chi connectivity index (χ3n) is 2.63. The van der Waals surface area contributed by atoms with Gasteiger partial charge in [0, 0.05) is 12.3 Å². The van der Waals surface area contributed by atoms with Gasteiger partial charge in [0.1, 0.15) is 0 Å². The standard InChI is InChI=1S/C13H16ClN3/c1-2-3-11-4-6-13(7-5-11)17-10-12(8-9-14)15-16-17/h4-7,10H,2-3,8-9H2,1H3. The SMILES string of the molecule is CCCc1ccc(-n2cc(CCCl)nn2)cc1. The Morgan fingerprint density at radius 1 is 1.18 bits per heavy atom. The van der Waals surface area contributed by atoms with Crippen LogP contribution >= 0.6 is 11.6 Å². The summed E-state index contributed by atoms with van der Waals surface area (Å²) in [4.78, 5) is 0. The van der Waals surface area contributed by atoms with E-state index in [1.807, 2.05) is 6.20 Å². The average Bonchev–Trinajstić information content (AvgIpc) is 2.80. The Morgan fingerprint density at radius 2 is 1.94 bits per heavy atom. The monoisotopic (exact) mass is 249 g/mol. The van der Waals surface area contributed by atoms with E-state index in [1.165, 1.54) is 12.0 Å². The molecular weight excluding hydrogens is 234 g/mol. The van der Waals surface area contributed by atoms with E-state index in [0.29, 0.717) is 5.88 Å². The molecule has 1 heterocycles. The Morgan fingerprint density at radius 3 is 2.59 bits per heavy atom. The number of aromatic nitrogens is 3. The molecule has 0 amide bonds. The first-order chi connectivity index (χ1) is 8.33. The van der Waals surface area contributed by atoms with Crippen LogP contribution in [-0.2, 0) is 12.8 Å². The minimum Gasteiger partial charge on any atom is -0.220 e. The van der Waals surface area contributed by atoms with Crippen LogP contribution in [0.15, 0.2) is 30.5 Å².